The molecule has 140 valence electrons. The molecule has 2 aromatic heterocycles. The third kappa shape index (κ3) is 5.17. The number of aromatic nitrogens is 4. The van der Waals surface area contributed by atoms with E-state index in [-0.39, 0.29) is 11.9 Å². The summed E-state index contributed by atoms with van der Waals surface area (Å²) in [4.78, 5) is 16.5. The van der Waals surface area contributed by atoms with E-state index in [0.29, 0.717) is 23.3 Å². The van der Waals surface area contributed by atoms with Crippen LogP contribution in [0.5, 0.6) is 0 Å². The van der Waals surface area contributed by atoms with E-state index in [1.807, 2.05) is 54.8 Å². The molecule has 1 amide bonds. The van der Waals surface area contributed by atoms with Crippen molar-refractivity contribution in [3.05, 3.63) is 60.3 Å². The number of carbonyl (C=O) groups excluding carboxylic acids is 1. The molecule has 0 spiro atoms. The van der Waals surface area contributed by atoms with Crippen LogP contribution in [0.1, 0.15) is 25.8 Å². The zero-order chi connectivity index (χ0) is 19.1. The molecule has 6 nitrogen and oxygen atoms in total. The Labute approximate surface area is 163 Å². The van der Waals surface area contributed by atoms with Gasteiger partial charge < -0.3 is 5.32 Å². The summed E-state index contributed by atoms with van der Waals surface area (Å²) < 4.78 is 2.01. The summed E-state index contributed by atoms with van der Waals surface area (Å²) in [6.45, 7) is 4.67. The van der Waals surface area contributed by atoms with Gasteiger partial charge in [-0.05, 0) is 31.0 Å². The van der Waals surface area contributed by atoms with Crippen molar-refractivity contribution in [1.82, 2.24) is 25.1 Å². The SMILES string of the molecule is CC[C@H](C)NC(=O)CSc1nnc(-c2ccccn2)n1Cc1ccccc1. The topological polar surface area (TPSA) is 72.7 Å². The summed E-state index contributed by atoms with van der Waals surface area (Å²) in [7, 11) is 0. The Kier molecular flexibility index (Phi) is 6.59. The fourth-order valence-corrected chi connectivity index (χ4v) is 3.29. The van der Waals surface area contributed by atoms with Crippen LogP contribution in [0.3, 0.4) is 0 Å². The van der Waals surface area contributed by atoms with Gasteiger partial charge in [0, 0.05) is 12.2 Å². The van der Waals surface area contributed by atoms with Crippen LogP contribution >= 0.6 is 11.8 Å². The van der Waals surface area contributed by atoms with Crippen molar-refractivity contribution in [1.29, 1.82) is 0 Å². The first kappa shape index (κ1) is 19.1. The fourth-order valence-electron chi connectivity index (χ4n) is 2.54. The molecule has 0 fully saturated rings. The van der Waals surface area contributed by atoms with Crippen molar-refractivity contribution in [3.63, 3.8) is 0 Å². The number of hydrogen-bond donors (Lipinski definition) is 1. The summed E-state index contributed by atoms with van der Waals surface area (Å²) in [5, 5.41) is 12.3. The largest absolute Gasteiger partial charge is 0.353 e. The quantitative estimate of drug-likeness (QED) is 0.606. The second-order valence-electron chi connectivity index (χ2n) is 6.26. The Balaban J connectivity index is 1.83. The molecule has 27 heavy (non-hydrogen) atoms. The second kappa shape index (κ2) is 9.32. The molecule has 0 bridgehead atoms. The number of hydrogen-bond acceptors (Lipinski definition) is 5. The molecule has 0 aliphatic heterocycles. The number of nitrogens with one attached hydrogen (secondary N) is 1. The van der Waals surface area contributed by atoms with Crippen LogP contribution in [0.4, 0.5) is 0 Å². The molecule has 3 aromatic rings. The van der Waals surface area contributed by atoms with Crippen LogP contribution in [0.2, 0.25) is 0 Å². The summed E-state index contributed by atoms with van der Waals surface area (Å²) in [6, 6.07) is 16.0. The van der Waals surface area contributed by atoms with Crippen LogP contribution < -0.4 is 5.32 Å². The maximum atomic E-state index is 12.1. The van der Waals surface area contributed by atoms with Gasteiger partial charge in [-0.25, -0.2) is 0 Å². The van der Waals surface area contributed by atoms with E-state index >= 15 is 0 Å². The van der Waals surface area contributed by atoms with Crippen LogP contribution in [0, 0.1) is 0 Å². The highest BCUT2D eigenvalue weighted by molar-refractivity contribution is 7.99. The van der Waals surface area contributed by atoms with Crippen LogP contribution in [-0.2, 0) is 11.3 Å². The van der Waals surface area contributed by atoms with Crippen molar-refractivity contribution in [3.8, 4) is 11.5 Å². The van der Waals surface area contributed by atoms with Gasteiger partial charge in [0.05, 0.1) is 12.3 Å². The molecule has 1 aromatic carbocycles. The van der Waals surface area contributed by atoms with E-state index in [0.717, 1.165) is 17.7 Å². The second-order valence-corrected chi connectivity index (χ2v) is 7.20. The smallest absolute Gasteiger partial charge is 0.230 e. The maximum absolute atomic E-state index is 12.1. The van der Waals surface area contributed by atoms with E-state index < -0.39 is 0 Å². The average Bonchev–Trinajstić information content (AvgIpc) is 3.10. The Hall–Kier alpha value is -2.67. The minimum atomic E-state index is 0.00278. The normalized spacial score (nSPS) is 11.9. The molecule has 1 N–H and O–H groups in total. The monoisotopic (exact) mass is 381 g/mol. The summed E-state index contributed by atoms with van der Waals surface area (Å²) in [5.74, 6) is 1.01. The minimum absolute atomic E-state index is 0.00278. The molecular formula is C20H23N5OS. The van der Waals surface area contributed by atoms with E-state index in [1.165, 1.54) is 11.8 Å². The van der Waals surface area contributed by atoms with E-state index in [4.69, 9.17) is 0 Å². The Morgan fingerprint density at radius 1 is 1.15 bits per heavy atom. The van der Waals surface area contributed by atoms with Gasteiger partial charge in [-0.2, -0.15) is 0 Å². The Bertz CT molecular complexity index is 867. The van der Waals surface area contributed by atoms with Gasteiger partial charge in [-0.15, -0.1) is 10.2 Å². The van der Waals surface area contributed by atoms with Crippen molar-refractivity contribution in [2.75, 3.05) is 5.75 Å². The number of nitrogens with zero attached hydrogens (tertiary/aromatic N) is 4. The Morgan fingerprint density at radius 3 is 2.63 bits per heavy atom. The van der Waals surface area contributed by atoms with E-state index in [9.17, 15) is 4.79 Å². The predicted molar refractivity (Wildman–Crippen MR) is 107 cm³/mol. The van der Waals surface area contributed by atoms with E-state index in [1.54, 1.807) is 6.20 Å². The molecule has 0 aliphatic rings. The van der Waals surface area contributed by atoms with Crippen molar-refractivity contribution >= 4 is 17.7 Å². The van der Waals surface area contributed by atoms with Gasteiger partial charge >= 0.3 is 0 Å². The predicted octanol–water partition coefficient (Wildman–Crippen LogP) is 3.40. The third-order valence-corrected chi connectivity index (χ3v) is 5.11. The Morgan fingerprint density at radius 2 is 1.93 bits per heavy atom. The molecule has 0 saturated carbocycles. The van der Waals surface area contributed by atoms with Gasteiger partial charge in [-0.1, -0.05) is 55.1 Å². The van der Waals surface area contributed by atoms with Gasteiger partial charge in [0.15, 0.2) is 11.0 Å². The highest BCUT2D eigenvalue weighted by atomic mass is 32.2. The lowest BCUT2D eigenvalue weighted by molar-refractivity contribution is -0.119. The van der Waals surface area contributed by atoms with Gasteiger partial charge in [-0.3, -0.25) is 14.3 Å². The highest BCUT2D eigenvalue weighted by Crippen LogP contribution is 2.24. The standard InChI is InChI=1S/C20H23N5OS/c1-3-15(2)22-18(26)14-27-20-24-23-19(17-11-7-8-12-21-17)25(20)13-16-9-5-4-6-10-16/h4-12,15H,3,13-14H2,1-2H3,(H,22,26)/t15-/m0/s1. The summed E-state index contributed by atoms with van der Waals surface area (Å²) >= 11 is 1.39. The lowest BCUT2D eigenvalue weighted by Crippen LogP contribution is -2.33. The third-order valence-electron chi connectivity index (χ3n) is 4.15. The number of thioether (sulfide) groups is 1. The van der Waals surface area contributed by atoms with Gasteiger partial charge in [0.25, 0.3) is 0 Å². The molecule has 1 atom stereocenters. The number of rotatable bonds is 8. The first-order valence-corrected chi connectivity index (χ1v) is 9.96. The molecule has 2 heterocycles. The molecule has 7 heteroatoms. The number of benzene rings is 1. The molecule has 0 aliphatic carbocycles. The van der Waals surface area contributed by atoms with Crippen molar-refractivity contribution in [2.45, 2.75) is 38.0 Å². The van der Waals surface area contributed by atoms with Gasteiger partial charge in [0.2, 0.25) is 5.91 Å². The lowest BCUT2D eigenvalue weighted by Gasteiger charge is -2.12. The molecule has 0 radical (unpaired) electrons. The van der Waals surface area contributed by atoms with Crippen molar-refractivity contribution in [2.24, 2.45) is 0 Å². The number of amides is 1. The first-order valence-electron chi connectivity index (χ1n) is 8.98. The maximum Gasteiger partial charge on any atom is 0.230 e. The van der Waals surface area contributed by atoms with Crippen molar-refractivity contribution < 1.29 is 4.79 Å². The first-order chi connectivity index (χ1) is 13.2. The minimum Gasteiger partial charge on any atom is -0.353 e. The molecule has 0 unspecified atom stereocenters. The highest BCUT2D eigenvalue weighted by Gasteiger charge is 2.17. The summed E-state index contributed by atoms with van der Waals surface area (Å²) in [6.07, 6.45) is 2.65. The zero-order valence-electron chi connectivity index (χ0n) is 15.5. The van der Waals surface area contributed by atoms with E-state index in [2.05, 4.69) is 32.6 Å². The zero-order valence-corrected chi connectivity index (χ0v) is 16.3. The van der Waals surface area contributed by atoms with Crippen LogP contribution in [0.15, 0.2) is 59.9 Å². The van der Waals surface area contributed by atoms with Gasteiger partial charge in [0.1, 0.15) is 5.69 Å². The average molecular weight is 382 g/mol. The number of pyridine rings is 1. The molecule has 0 saturated heterocycles. The number of carbonyl (C=O) groups is 1. The summed E-state index contributed by atoms with van der Waals surface area (Å²) in [5.41, 5.74) is 1.90. The lowest BCUT2D eigenvalue weighted by atomic mass is 10.2. The molecular weight excluding hydrogens is 358 g/mol. The molecule has 3 rings (SSSR count). The fraction of sp³-hybridized carbons (Fsp3) is 0.300. The van der Waals surface area contributed by atoms with Crippen LogP contribution in [-0.4, -0.2) is 37.5 Å². The van der Waals surface area contributed by atoms with Crippen LogP contribution in [0.25, 0.3) is 11.5 Å².